The molecule has 0 saturated carbocycles. The molecule has 0 radical (unpaired) electrons. The van der Waals surface area contributed by atoms with Crippen molar-refractivity contribution in [2.75, 3.05) is 19.8 Å². The lowest BCUT2D eigenvalue weighted by Gasteiger charge is -2.44. The molecule has 1 amide bonds. The molecule has 13 nitrogen and oxygen atoms in total. The third kappa shape index (κ3) is 8.59. The van der Waals surface area contributed by atoms with Crippen molar-refractivity contribution >= 4 is 20.1 Å². The monoisotopic (exact) mass is 757 g/mol. The van der Waals surface area contributed by atoms with Gasteiger partial charge in [0.1, 0.15) is 31.5 Å². The van der Waals surface area contributed by atoms with E-state index in [1.807, 2.05) is 103 Å². The minimum Gasteiger partial charge on any atom is -0.449 e. The quantitative estimate of drug-likeness (QED) is 0.0889. The van der Waals surface area contributed by atoms with Crippen LogP contribution in [0.15, 0.2) is 116 Å². The van der Waals surface area contributed by atoms with Crippen molar-refractivity contribution in [2.24, 2.45) is 0 Å². The van der Waals surface area contributed by atoms with Gasteiger partial charge in [-0.05, 0) is 38.9 Å². The summed E-state index contributed by atoms with van der Waals surface area (Å²) in [6.07, 6.45) is -6.87. The number of alkyl carbamates (subject to hydrolysis) is 1. The summed E-state index contributed by atoms with van der Waals surface area (Å²) in [5, 5.41) is 14.0. The molecule has 2 aliphatic heterocycles. The molecule has 3 aliphatic rings. The van der Waals surface area contributed by atoms with Gasteiger partial charge in [0, 0.05) is 5.92 Å². The Kier molecular flexibility index (Phi) is 11.9. The summed E-state index contributed by atoms with van der Waals surface area (Å²) in [7, 11) is -4.42. The summed E-state index contributed by atoms with van der Waals surface area (Å²) >= 11 is 0. The van der Waals surface area contributed by atoms with Crippen molar-refractivity contribution in [2.45, 2.75) is 56.4 Å². The van der Waals surface area contributed by atoms with Gasteiger partial charge in [-0.3, -0.25) is 13.6 Å². The molecular formula is C40H40NO12P. The standard InChI is InChI=1S/C40H40NO12P/c1-2-20-47-40(44)52-37-35(41-39(43)48-24-33-31-18-10-8-16-29(31)30-17-9-11-19-32(30)33)38(42)51-34(25-46-21-26-12-4-3-5-13-26)36(37)53-54(45)49-22-27-14-6-7-15-28(27)23-50-54/h2-19,33-38,42H,1,20-25H2,(H,41,43)/t34-,35-,36-,37-,38-/m1/s1. The van der Waals surface area contributed by atoms with Crippen LogP contribution in [-0.4, -0.2) is 67.8 Å². The lowest BCUT2D eigenvalue weighted by molar-refractivity contribution is -0.255. The van der Waals surface area contributed by atoms with E-state index in [9.17, 15) is 19.3 Å². The zero-order chi connectivity index (χ0) is 37.5. The summed E-state index contributed by atoms with van der Waals surface area (Å²) < 4.78 is 60.1. The number of carbonyl (C=O) groups is 2. The lowest BCUT2D eigenvalue weighted by Crippen LogP contribution is -2.66. The van der Waals surface area contributed by atoms with Gasteiger partial charge in [-0.2, -0.15) is 0 Å². The summed E-state index contributed by atoms with van der Waals surface area (Å²) in [4.78, 5) is 26.5. The first-order valence-corrected chi connectivity index (χ1v) is 18.9. The first-order valence-electron chi connectivity index (χ1n) is 17.5. The maximum Gasteiger partial charge on any atom is 0.509 e. The van der Waals surface area contributed by atoms with Crippen molar-refractivity contribution in [3.63, 3.8) is 0 Å². The Balaban J connectivity index is 1.13. The maximum atomic E-state index is 14.2. The molecule has 4 aromatic carbocycles. The Bertz CT molecular complexity index is 1920. The van der Waals surface area contributed by atoms with Gasteiger partial charge in [-0.15, -0.1) is 0 Å². The van der Waals surface area contributed by atoms with Gasteiger partial charge in [-0.1, -0.05) is 116 Å². The maximum absolute atomic E-state index is 14.2. The zero-order valence-electron chi connectivity index (χ0n) is 29.2. The second-order valence-corrected chi connectivity index (χ2v) is 14.4. The van der Waals surface area contributed by atoms with Crippen molar-refractivity contribution in [3.05, 3.63) is 144 Å². The largest absolute Gasteiger partial charge is 0.509 e. The van der Waals surface area contributed by atoms with E-state index >= 15 is 0 Å². The normalized spacial score (nSPS) is 22.8. The molecule has 0 spiro atoms. The lowest BCUT2D eigenvalue weighted by atomic mass is 9.97. The Morgan fingerprint density at radius 3 is 2.07 bits per heavy atom. The minimum absolute atomic E-state index is 0.0379. The third-order valence-corrected chi connectivity index (χ3v) is 10.8. The topological polar surface area (TPSA) is 157 Å². The van der Waals surface area contributed by atoms with Crippen molar-refractivity contribution in [3.8, 4) is 11.1 Å². The van der Waals surface area contributed by atoms with E-state index < -0.39 is 50.7 Å². The van der Waals surface area contributed by atoms with Crippen molar-refractivity contribution in [1.82, 2.24) is 5.32 Å². The number of phosphoric acid groups is 1. The smallest absolute Gasteiger partial charge is 0.449 e. The van der Waals surface area contributed by atoms with E-state index in [1.54, 1.807) is 0 Å². The van der Waals surface area contributed by atoms with Gasteiger partial charge in [0.05, 0.1) is 26.4 Å². The van der Waals surface area contributed by atoms with Crippen LogP contribution < -0.4 is 5.32 Å². The number of phosphoric ester groups is 1. The highest BCUT2D eigenvalue weighted by atomic mass is 31.2. The molecule has 1 fully saturated rings. The molecule has 14 heteroatoms. The van der Waals surface area contributed by atoms with Gasteiger partial charge in [0.25, 0.3) is 0 Å². The second-order valence-electron chi connectivity index (χ2n) is 12.8. The first kappa shape index (κ1) is 37.5. The highest BCUT2D eigenvalue weighted by Crippen LogP contribution is 2.55. The number of nitrogens with one attached hydrogen (secondary N) is 1. The average molecular weight is 758 g/mol. The SMILES string of the molecule is C=CCOC(=O)O[C@@H]1[C@@H](NC(=O)OCC2c3ccccc3-c3ccccc32)[C@H](O)O[C@H](COCc2ccccc2)[C@H]1OP1(=O)OCc2ccccc2CO1. The minimum atomic E-state index is -4.42. The highest BCUT2D eigenvalue weighted by Gasteiger charge is 2.53. The number of carbonyl (C=O) groups excluding carboxylic acids is 2. The third-order valence-electron chi connectivity index (χ3n) is 9.36. The summed E-state index contributed by atoms with van der Waals surface area (Å²) in [5.74, 6) is -0.252. The molecule has 0 unspecified atom stereocenters. The van der Waals surface area contributed by atoms with E-state index in [1.165, 1.54) is 6.08 Å². The number of aliphatic hydroxyl groups is 1. The van der Waals surface area contributed by atoms with Crippen LogP contribution >= 0.6 is 7.82 Å². The van der Waals surface area contributed by atoms with Gasteiger partial charge >= 0.3 is 20.1 Å². The molecular weight excluding hydrogens is 717 g/mol. The number of aliphatic hydroxyl groups excluding tert-OH is 1. The molecule has 2 heterocycles. The summed E-state index contributed by atoms with van der Waals surface area (Å²) in [6, 6.07) is 30.8. The molecule has 1 saturated heterocycles. The van der Waals surface area contributed by atoms with Crippen LogP contribution in [0, 0.1) is 0 Å². The van der Waals surface area contributed by atoms with Gasteiger partial charge in [0.15, 0.2) is 12.4 Å². The number of ether oxygens (including phenoxy) is 5. The zero-order valence-corrected chi connectivity index (χ0v) is 30.1. The van der Waals surface area contributed by atoms with Gasteiger partial charge in [0.2, 0.25) is 0 Å². The number of hydrogen-bond acceptors (Lipinski definition) is 12. The van der Waals surface area contributed by atoms with Gasteiger partial charge in [-0.25, -0.2) is 14.2 Å². The molecule has 1 aliphatic carbocycles. The molecule has 0 aromatic heterocycles. The number of benzene rings is 4. The fourth-order valence-electron chi connectivity index (χ4n) is 6.77. The Hall–Kier alpha value is -4.85. The van der Waals surface area contributed by atoms with E-state index in [2.05, 4.69) is 11.9 Å². The van der Waals surface area contributed by atoms with Crippen molar-refractivity contribution in [1.29, 1.82) is 0 Å². The highest BCUT2D eigenvalue weighted by molar-refractivity contribution is 7.48. The molecule has 4 aromatic rings. The van der Waals surface area contributed by atoms with Crippen molar-refractivity contribution < 1.29 is 56.5 Å². The van der Waals surface area contributed by atoms with Crippen LogP contribution in [0.3, 0.4) is 0 Å². The first-order chi connectivity index (χ1) is 26.3. The molecule has 5 atom stereocenters. The van der Waals surface area contributed by atoms with Crippen LogP contribution in [0.4, 0.5) is 9.59 Å². The Morgan fingerprint density at radius 1 is 0.815 bits per heavy atom. The Morgan fingerprint density at radius 2 is 1.43 bits per heavy atom. The fourth-order valence-corrected chi connectivity index (χ4v) is 8.12. The summed E-state index contributed by atoms with van der Waals surface area (Å²) in [6.45, 7) is 3.03. The molecule has 0 bridgehead atoms. The fraction of sp³-hybridized carbons (Fsp3) is 0.300. The van der Waals surface area contributed by atoms with Gasteiger partial charge < -0.3 is 34.1 Å². The number of hydrogen-bond donors (Lipinski definition) is 2. The number of rotatable bonds is 12. The van der Waals surface area contributed by atoms with E-state index in [-0.39, 0.29) is 45.6 Å². The van der Waals surface area contributed by atoms with Crippen LogP contribution in [0.5, 0.6) is 0 Å². The van der Waals surface area contributed by atoms with E-state index in [0.717, 1.165) is 38.9 Å². The second kappa shape index (κ2) is 17.1. The Labute approximate surface area is 312 Å². The van der Waals surface area contributed by atoms with E-state index in [4.69, 9.17) is 37.3 Å². The molecule has 54 heavy (non-hydrogen) atoms. The average Bonchev–Trinajstić information content (AvgIpc) is 3.41. The van der Waals surface area contributed by atoms with Crippen LogP contribution in [0.25, 0.3) is 11.1 Å². The number of fused-ring (bicyclic) bond motifs is 4. The predicted octanol–water partition coefficient (Wildman–Crippen LogP) is 6.78. The van der Waals surface area contributed by atoms with Crippen LogP contribution in [0.1, 0.15) is 33.7 Å². The van der Waals surface area contributed by atoms with Crippen LogP contribution in [-0.2, 0) is 61.6 Å². The number of amides is 1. The molecule has 7 rings (SSSR count). The summed E-state index contributed by atoms with van der Waals surface area (Å²) in [5.41, 5.74) is 6.43. The van der Waals surface area contributed by atoms with Crippen LogP contribution in [0.2, 0.25) is 0 Å². The van der Waals surface area contributed by atoms with E-state index in [0.29, 0.717) is 0 Å². The molecule has 282 valence electrons. The molecule has 2 N–H and O–H groups in total. The predicted molar refractivity (Wildman–Crippen MR) is 194 cm³/mol.